The fraction of sp³-hybridized carbons (Fsp3) is 0.360. The lowest BCUT2D eigenvalue weighted by atomic mass is 10.1. The van der Waals surface area contributed by atoms with E-state index >= 15 is 0 Å². The molecular weight excluding hydrogens is 468 g/mol. The summed E-state index contributed by atoms with van der Waals surface area (Å²) in [5, 5.41) is 7.75. The van der Waals surface area contributed by atoms with Crippen molar-refractivity contribution in [3.05, 3.63) is 48.0 Å². The third-order valence-electron chi connectivity index (χ3n) is 5.47. The average molecular weight is 497 g/mol. The van der Waals surface area contributed by atoms with Crippen molar-refractivity contribution in [1.82, 2.24) is 0 Å². The number of nitrogens with two attached hydrogens (primary N) is 1. The van der Waals surface area contributed by atoms with Crippen molar-refractivity contribution in [3.8, 4) is 17.2 Å². The van der Waals surface area contributed by atoms with E-state index in [4.69, 9.17) is 19.9 Å². The molecule has 4 rings (SSSR count). The third-order valence-corrected chi connectivity index (χ3v) is 6.44. The third kappa shape index (κ3) is 6.13. The van der Waals surface area contributed by atoms with Crippen LogP contribution in [0.4, 0.5) is 5.69 Å². The number of amides is 2. The number of aryl methyl sites for hydroxylation is 1. The van der Waals surface area contributed by atoms with Crippen molar-refractivity contribution < 1.29 is 23.8 Å². The van der Waals surface area contributed by atoms with Crippen LogP contribution in [-0.4, -0.2) is 41.3 Å². The minimum absolute atomic E-state index is 0.0562. The first-order valence-corrected chi connectivity index (χ1v) is 12.3. The number of rotatable bonds is 9. The molecule has 2 aromatic carbocycles. The van der Waals surface area contributed by atoms with Crippen LogP contribution < -0.4 is 24.8 Å². The fourth-order valence-electron chi connectivity index (χ4n) is 3.65. The molecule has 2 amide bonds. The summed E-state index contributed by atoms with van der Waals surface area (Å²) < 4.78 is 16.3. The first kappa shape index (κ1) is 24.6. The van der Waals surface area contributed by atoms with Crippen LogP contribution in [0.5, 0.6) is 17.2 Å². The summed E-state index contributed by atoms with van der Waals surface area (Å²) in [6, 6.07) is 12.8. The highest BCUT2D eigenvalue weighted by Crippen LogP contribution is 2.33. The molecule has 0 radical (unpaired) electrons. The number of hydrogen-bond donors (Lipinski definition) is 1. The molecule has 10 heteroatoms. The summed E-state index contributed by atoms with van der Waals surface area (Å²) in [5.41, 5.74) is 8.42. The molecule has 0 spiro atoms. The van der Waals surface area contributed by atoms with Gasteiger partial charge in [0.2, 0.25) is 18.6 Å². The Morgan fingerprint density at radius 2 is 1.91 bits per heavy atom. The van der Waals surface area contributed by atoms with Crippen molar-refractivity contribution >= 4 is 40.1 Å². The van der Waals surface area contributed by atoms with Crippen LogP contribution in [0.15, 0.2) is 52.7 Å². The number of benzene rings is 2. The Morgan fingerprint density at radius 3 is 2.69 bits per heavy atom. The quantitative estimate of drug-likeness (QED) is 0.242. The number of carbonyl (C=O) groups is 2. The summed E-state index contributed by atoms with van der Waals surface area (Å²) in [5.74, 6) is 1.62. The van der Waals surface area contributed by atoms with E-state index in [1.807, 2.05) is 32.0 Å². The summed E-state index contributed by atoms with van der Waals surface area (Å²) in [6.45, 7) is 4.75. The number of thioether (sulfide) groups is 1. The molecule has 1 atom stereocenters. The van der Waals surface area contributed by atoms with Gasteiger partial charge in [0.1, 0.15) is 11.0 Å². The van der Waals surface area contributed by atoms with Crippen LogP contribution >= 0.6 is 11.8 Å². The maximum atomic E-state index is 12.9. The number of imide groups is 1. The molecule has 0 bridgehead atoms. The van der Waals surface area contributed by atoms with Crippen LogP contribution in [0, 0.1) is 0 Å². The largest absolute Gasteiger partial charge is 0.494 e. The van der Waals surface area contributed by atoms with E-state index in [2.05, 4.69) is 10.2 Å². The van der Waals surface area contributed by atoms with Crippen molar-refractivity contribution in [2.24, 2.45) is 15.9 Å². The second-order valence-electron chi connectivity index (χ2n) is 8.18. The molecule has 2 N–H and O–H groups in total. The number of fused-ring (bicyclic) bond motifs is 1. The van der Waals surface area contributed by atoms with Gasteiger partial charge in [0.25, 0.3) is 0 Å². The van der Waals surface area contributed by atoms with Gasteiger partial charge in [0, 0.05) is 12.1 Å². The Morgan fingerprint density at radius 1 is 1.14 bits per heavy atom. The Hall–Kier alpha value is -3.53. The van der Waals surface area contributed by atoms with Crippen molar-refractivity contribution in [2.45, 2.75) is 44.8 Å². The SMILES string of the molecule is CCCOc1ccc(N2C(=O)C[C@@H](SC(N)=N/N=C(/C)CCc3ccc4c(c3)OCO4)C2=O)cc1. The van der Waals surface area contributed by atoms with E-state index < -0.39 is 5.25 Å². The summed E-state index contributed by atoms with van der Waals surface area (Å²) in [6.07, 6.45) is 2.41. The number of anilines is 1. The predicted octanol–water partition coefficient (Wildman–Crippen LogP) is 3.89. The molecule has 1 saturated heterocycles. The molecule has 2 heterocycles. The average Bonchev–Trinajstić information content (AvgIpc) is 3.43. The van der Waals surface area contributed by atoms with E-state index in [-0.39, 0.29) is 30.2 Å². The van der Waals surface area contributed by atoms with Gasteiger partial charge in [-0.3, -0.25) is 9.59 Å². The number of carbonyl (C=O) groups excluding carboxylic acids is 2. The van der Waals surface area contributed by atoms with E-state index in [0.717, 1.165) is 47.4 Å². The first-order chi connectivity index (χ1) is 16.9. The highest BCUT2D eigenvalue weighted by Gasteiger charge is 2.40. The maximum absolute atomic E-state index is 12.9. The highest BCUT2D eigenvalue weighted by atomic mass is 32.2. The van der Waals surface area contributed by atoms with Crippen molar-refractivity contribution in [2.75, 3.05) is 18.3 Å². The van der Waals surface area contributed by atoms with Crippen LogP contribution in [0.2, 0.25) is 0 Å². The summed E-state index contributed by atoms with van der Waals surface area (Å²) >= 11 is 1.06. The summed E-state index contributed by atoms with van der Waals surface area (Å²) in [7, 11) is 0. The van der Waals surface area contributed by atoms with Gasteiger partial charge in [-0.05, 0) is 68.1 Å². The van der Waals surface area contributed by atoms with E-state index in [1.54, 1.807) is 24.3 Å². The molecule has 0 aromatic heterocycles. The Kier molecular flexibility index (Phi) is 7.91. The van der Waals surface area contributed by atoms with Crippen LogP contribution in [0.25, 0.3) is 0 Å². The van der Waals surface area contributed by atoms with Gasteiger partial charge in [-0.25, -0.2) is 4.90 Å². The molecule has 184 valence electrons. The molecule has 9 nitrogen and oxygen atoms in total. The normalized spacial score (nSPS) is 17.9. The zero-order chi connectivity index (χ0) is 24.8. The molecule has 35 heavy (non-hydrogen) atoms. The topological polar surface area (TPSA) is 116 Å². The van der Waals surface area contributed by atoms with Gasteiger partial charge in [0.05, 0.1) is 12.3 Å². The Labute approximate surface area is 208 Å². The monoisotopic (exact) mass is 496 g/mol. The van der Waals surface area contributed by atoms with Crippen LogP contribution in [-0.2, 0) is 16.0 Å². The van der Waals surface area contributed by atoms with Crippen molar-refractivity contribution in [1.29, 1.82) is 0 Å². The summed E-state index contributed by atoms with van der Waals surface area (Å²) in [4.78, 5) is 26.6. The zero-order valence-electron chi connectivity index (χ0n) is 19.7. The Balaban J connectivity index is 1.31. The van der Waals surface area contributed by atoms with Crippen molar-refractivity contribution in [3.63, 3.8) is 0 Å². The highest BCUT2D eigenvalue weighted by molar-refractivity contribution is 8.14. The number of ether oxygens (including phenoxy) is 3. The molecular formula is C25H28N4O5S. The standard InChI is InChI=1S/C25H28N4O5S/c1-3-12-32-19-9-7-18(8-10-19)29-23(30)14-22(24(29)31)35-25(26)28-27-16(2)4-5-17-6-11-20-21(13-17)34-15-33-20/h6-11,13,22H,3-5,12,14-15H2,1-2H3,(H2,26,28)/b27-16-/t22-/m1/s1. The van der Waals surface area contributed by atoms with E-state index in [1.165, 1.54) is 4.90 Å². The van der Waals surface area contributed by atoms with Gasteiger partial charge in [-0.15, -0.1) is 5.10 Å². The lowest BCUT2D eigenvalue weighted by Crippen LogP contribution is -2.31. The van der Waals surface area contributed by atoms with E-state index in [0.29, 0.717) is 24.5 Å². The molecule has 1 fully saturated rings. The lowest BCUT2D eigenvalue weighted by molar-refractivity contribution is -0.121. The zero-order valence-corrected chi connectivity index (χ0v) is 20.5. The molecule has 0 unspecified atom stereocenters. The molecule has 0 aliphatic carbocycles. The van der Waals surface area contributed by atoms with Gasteiger partial charge < -0.3 is 19.9 Å². The van der Waals surface area contributed by atoms with Gasteiger partial charge >= 0.3 is 0 Å². The van der Waals surface area contributed by atoms with E-state index in [9.17, 15) is 9.59 Å². The smallest absolute Gasteiger partial charge is 0.247 e. The Bertz CT molecular complexity index is 1150. The molecule has 2 aliphatic rings. The van der Waals surface area contributed by atoms with Crippen LogP contribution in [0.1, 0.15) is 38.7 Å². The second-order valence-corrected chi connectivity index (χ2v) is 9.40. The number of amidine groups is 1. The minimum Gasteiger partial charge on any atom is -0.494 e. The first-order valence-electron chi connectivity index (χ1n) is 11.5. The van der Waals surface area contributed by atoms with Gasteiger partial charge in [-0.2, -0.15) is 5.10 Å². The number of nitrogens with zero attached hydrogens (tertiary/aromatic N) is 3. The fourth-order valence-corrected chi connectivity index (χ4v) is 4.47. The maximum Gasteiger partial charge on any atom is 0.247 e. The van der Waals surface area contributed by atoms with Gasteiger partial charge in [-0.1, -0.05) is 24.8 Å². The van der Waals surface area contributed by atoms with Gasteiger partial charge in [0.15, 0.2) is 16.7 Å². The number of hydrogen-bond acceptors (Lipinski definition) is 8. The second kappa shape index (κ2) is 11.3. The molecule has 2 aromatic rings. The predicted molar refractivity (Wildman–Crippen MR) is 136 cm³/mol. The lowest BCUT2D eigenvalue weighted by Gasteiger charge is -2.15. The molecule has 0 saturated carbocycles. The minimum atomic E-state index is -0.633. The van der Waals surface area contributed by atoms with Crippen LogP contribution in [0.3, 0.4) is 0 Å². The molecule has 2 aliphatic heterocycles.